The molecule has 0 spiro atoms. The number of nitrogens with one attached hydrogen (secondary N) is 1. The SMILES string of the molecule is CC[C@@H](C)[C@@H](NOC(=O)C(C)(C)C)C(=O)Oc1ccc2c(=O)c(Oc3ccccc3)coc2c1. The van der Waals surface area contributed by atoms with Crippen molar-refractivity contribution in [3.05, 3.63) is 65.0 Å². The summed E-state index contributed by atoms with van der Waals surface area (Å²) in [5.74, 6) is -0.539. The Bertz CT molecular complexity index is 1210. The third kappa shape index (κ3) is 6.02. The maximum atomic E-state index is 12.8. The van der Waals surface area contributed by atoms with Crippen LogP contribution in [0.4, 0.5) is 0 Å². The predicted octanol–water partition coefficient (Wildman–Crippen LogP) is 5.00. The van der Waals surface area contributed by atoms with Gasteiger partial charge in [0, 0.05) is 6.07 Å². The number of ether oxygens (including phenoxy) is 2. The molecular formula is C26H29NO7. The fourth-order valence-corrected chi connectivity index (χ4v) is 2.92. The van der Waals surface area contributed by atoms with Crippen LogP contribution in [0.25, 0.3) is 11.0 Å². The maximum absolute atomic E-state index is 12.8. The summed E-state index contributed by atoms with van der Waals surface area (Å²) in [6.07, 6.45) is 1.87. The third-order valence-electron chi connectivity index (χ3n) is 5.26. The Morgan fingerprint density at radius 3 is 2.41 bits per heavy atom. The quantitative estimate of drug-likeness (QED) is 0.280. The summed E-state index contributed by atoms with van der Waals surface area (Å²) in [5.41, 5.74) is 1.72. The molecule has 0 fully saturated rings. The second-order valence-corrected chi connectivity index (χ2v) is 9.04. The molecule has 180 valence electrons. The first-order chi connectivity index (χ1) is 16.1. The minimum absolute atomic E-state index is 0.0464. The van der Waals surface area contributed by atoms with E-state index in [4.69, 9.17) is 18.7 Å². The Labute approximate surface area is 197 Å². The molecule has 0 aliphatic rings. The first-order valence-corrected chi connectivity index (χ1v) is 11.1. The van der Waals surface area contributed by atoms with E-state index < -0.39 is 23.4 Å². The number of hydrogen-bond donors (Lipinski definition) is 1. The van der Waals surface area contributed by atoms with Gasteiger partial charge in [-0.15, -0.1) is 5.48 Å². The average Bonchev–Trinajstić information content (AvgIpc) is 2.80. The van der Waals surface area contributed by atoms with E-state index in [-0.39, 0.29) is 33.8 Å². The maximum Gasteiger partial charge on any atom is 0.332 e. The first-order valence-electron chi connectivity index (χ1n) is 11.1. The molecule has 2 atom stereocenters. The Morgan fingerprint density at radius 2 is 1.76 bits per heavy atom. The highest BCUT2D eigenvalue weighted by Gasteiger charge is 2.30. The van der Waals surface area contributed by atoms with E-state index >= 15 is 0 Å². The monoisotopic (exact) mass is 467 g/mol. The minimum Gasteiger partial charge on any atom is -0.460 e. The Kier molecular flexibility index (Phi) is 7.73. The van der Waals surface area contributed by atoms with Crippen LogP contribution in [-0.4, -0.2) is 18.0 Å². The number of fused-ring (bicyclic) bond motifs is 1. The molecule has 1 heterocycles. The number of hydrogen-bond acceptors (Lipinski definition) is 8. The van der Waals surface area contributed by atoms with E-state index in [1.165, 1.54) is 24.5 Å². The standard InChI is InChI=1S/C26H29NO7/c1-6-16(2)22(27-34-25(30)26(3,4)5)24(29)33-18-12-13-19-20(14-18)31-15-21(23(19)28)32-17-10-8-7-9-11-17/h7-16,22,27H,6H2,1-5H3/t16-,22-/m1/s1. The van der Waals surface area contributed by atoms with Crippen LogP contribution in [0, 0.1) is 11.3 Å². The number of esters is 1. The normalized spacial score (nSPS) is 13.2. The number of para-hydroxylation sites is 1. The van der Waals surface area contributed by atoms with Gasteiger partial charge < -0.3 is 18.7 Å². The van der Waals surface area contributed by atoms with Crippen molar-refractivity contribution in [2.75, 3.05) is 0 Å². The summed E-state index contributed by atoms with van der Waals surface area (Å²) in [5, 5.41) is 0.281. The summed E-state index contributed by atoms with van der Waals surface area (Å²) in [6, 6.07) is 12.5. The van der Waals surface area contributed by atoms with Gasteiger partial charge in [0.15, 0.2) is 0 Å². The van der Waals surface area contributed by atoms with Gasteiger partial charge in [-0.25, -0.2) is 9.59 Å². The van der Waals surface area contributed by atoms with E-state index in [1.54, 1.807) is 45.0 Å². The molecule has 0 saturated heterocycles. The zero-order chi connectivity index (χ0) is 24.9. The Balaban J connectivity index is 1.77. The van der Waals surface area contributed by atoms with Crippen molar-refractivity contribution in [3.63, 3.8) is 0 Å². The third-order valence-corrected chi connectivity index (χ3v) is 5.26. The van der Waals surface area contributed by atoms with E-state index in [1.807, 2.05) is 19.9 Å². The van der Waals surface area contributed by atoms with E-state index in [9.17, 15) is 14.4 Å². The lowest BCUT2D eigenvalue weighted by atomic mass is 9.97. The summed E-state index contributed by atoms with van der Waals surface area (Å²) in [6.45, 7) is 8.90. The number of rotatable bonds is 8. The average molecular weight is 468 g/mol. The predicted molar refractivity (Wildman–Crippen MR) is 127 cm³/mol. The van der Waals surface area contributed by atoms with Crippen molar-refractivity contribution in [2.45, 2.75) is 47.1 Å². The van der Waals surface area contributed by atoms with Crippen molar-refractivity contribution in [2.24, 2.45) is 11.3 Å². The zero-order valence-electron chi connectivity index (χ0n) is 19.9. The highest BCUT2D eigenvalue weighted by molar-refractivity contribution is 5.83. The zero-order valence-corrected chi connectivity index (χ0v) is 19.9. The molecule has 3 rings (SSSR count). The van der Waals surface area contributed by atoms with Crippen molar-refractivity contribution in [1.29, 1.82) is 0 Å². The van der Waals surface area contributed by atoms with Gasteiger partial charge in [0.1, 0.15) is 29.4 Å². The van der Waals surface area contributed by atoms with Crippen LogP contribution in [0.1, 0.15) is 41.0 Å². The van der Waals surface area contributed by atoms with Crippen LogP contribution in [0.2, 0.25) is 0 Å². The van der Waals surface area contributed by atoms with Crippen LogP contribution in [0.15, 0.2) is 64.0 Å². The highest BCUT2D eigenvalue weighted by atomic mass is 16.7. The summed E-state index contributed by atoms with van der Waals surface area (Å²) in [7, 11) is 0. The summed E-state index contributed by atoms with van der Waals surface area (Å²) < 4.78 is 16.7. The van der Waals surface area contributed by atoms with E-state index in [0.29, 0.717) is 12.2 Å². The summed E-state index contributed by atoms with van der Waals surface area (Å²) >= 11 is 0. The molecule has 1 N–H and O–H groups in total. The number of carbonyl (C=O) groups excluding carboxylic acids is 2. The Hall–Kier alpha value is -3.65. The molecule has 0 aliphatic carbocycles. The number of benzene rings is 2. The Morgan fingerprint density at radius 1 is 1.06 bits per heavy atom. The molecule has 0 unspecified atom stereocenters. The number of carbonyl (C=O) groups is 2. The van der Waals surface area contributed by atoms with Crippen LogP contribution < -0.4 is 20.4 Å². The van der Waals surface area contributed by atoms with Crippen LogP contribution in [-0.2, 0) is 14.4 Å². The van der Waals surface area contributed by atoms with E-state index in [0.717, 1.165) is 0 Å². The second kappa shape index (κ2) is 10.5. The van der Waals surface area contributed by atoms with Crippen LogP contribution >= 0.6 is 0 Å². The molecular weight excluding hydrogens is 438 g/mol. The molecule has 2 aromatic carbocycles. The van der Waals surface area contributed by atoms with Gasteiger partial charge in [0.25, 0.3) is 0 Å². The lowest BCUT2D eigenvalue weighted by Gasteiger charge is -2.24. The molecule has 0 saturated carbocycles. The van der Waals surface area contributed by atoms with Gasteiger partial charge in [-0.05, 0) is 51.0 Å². The second-order valence-electron chi connectivity index (χ2n) is 9.04. The largest absolute Gasteiger partial charge is 0.460 e. The minimum atomic E-state index is -0.874. The van der Waals surface area contributed by atoms with Crippen molar-refractivity contribution in [1.82, 2.24) is 5.48 Å². The van der Waals surface area contributed by atoms with E-state index in [2.05, 4.69) is 5.48 Å². The molecule has 3 aromatic rings. The molecule has 34 heavy (non-hydrogen) atoms. The van der Waals surface area contributed by atoms with Crippen molar-refractivity contribution >= 4 is 22.9 Å². The molecule has 1 aromatic heterocycles. The lowest BCUT2D eigenvalue weighted by Crippen LogP contribution is -2.46. The van der Waals surface area contributed by atoms with Crippen molar-refractivity contribution in [3.8, 4) is 17.2 Å². The molecule has 0 radical (unpaired) electrons. The van der Waals surface area contributed by atoms with Gasteiger partial charge in [0.2, 0.25) is 11.2 Å². The topological polar surface area (TPSA) is 104 Å². The lowest BCUT2D eigenvalue weighted by molar-refractivity contribution is -0.166. The smallest absolute Gasteiger partial charge is 0.332 e. The van der Waals surface area contributed by atoms with Gasteiger partial charge in [-0.2, -0.15) is 0 Å². The molecule has 8 heteroatoms. The first kappa shape index (κ1) is 25.0. The number of hydroxylamine groups is 1. The van der Waals surface area contributed by atoms with Gasteiger partial charge >= 0.3 is 11.9 Å². The molecule has 0 bridgehead atoms. The fourth-order valence-electron chi connectivity index (χ4n) is 2.92. The van der Waals surface area contributed by atoms with Gasteiger partial charge in [0.05, 0.1) is 10.8 Å². The summed E-state index contributed by atoms with van der Waals surface area (Å²) in [4.78, 5) is 42.9. The van der Waals surface area contributed by atoms with Crippen LogP contribution in [0.3, 0.4) is 0 Å². The van der Waals surface area contributed by atoms with Crippen LogP contribution in [0.5, 0.6) is 17.2 Å². The molecule has 0 amide bonds. The highest BCUT2D eigenvalue weighted by Crippen LogP contribution is 2.25. The van der Waals surface area contributed by atoms with Gasteiger partial charge in [-0.1, -0.05) is 38.5 Å². The van der Waals surface area contributed by atoms with Crippen molar-refractivity contribution < 1.29 is 28.3 Å². The molecule has 8 nitrogen and oxygen atoms in total. The fraction of sp³-hybridized carbons (Fsp3) is 0.346. The molecule has 0 aliphatic heterocycles. The van der Waals surface area contributed by atoms with Gasteiger partial charge in [-0.3, -0.25) is 4.79 Å².